The monoisotopic (exact) mass is 210 g/mol. The summed E-state index contributed by atoms with van der Waals surface area (Å²) in [5.74, 6) is 0.745. The molecule has 0 aliphatic carbocycles. The molecule has 2 heterocycles. The van der Waals surface area contributed by atoms with Gasteiger partial charge in [-0.15, -0.1) is 0 Å². The van der Waals surface area contributed by atoms with E-state index >= 15 is 0 Å². The first-order valence-corrected chi connectivity index (χ1v) is 4.49. The molecule has 15 heavy (non-hydrogen) atoms. The van der Waals surface area contributed by atoms with Gasteiger partial charge >= 0.3 is 11.4 Å². The Bertz CT molecular complexity index is 491. The molecule has 0 aromatic carbocycles. The third-order valence-electron chi connectivity index (χ3n) is 2.03. The Labute approximate surface area is 83.4 Å². The van der Waals surface area contributed by atoms with E-state index in [2.05, 4.69) is 25.4 Å². The average molecular weight is 210 g/mol. The maximum Gasteiger partial charge on any atom is 0.344 e. The minimum atomic E-state index is -0.419. The van der Waals surface area contributed by atoms with E-state index in [0.29, 0.717) is 19.4 Å². The molecule has 0 aliphatic rings. The summed E-state index contributed by atoms with van der Waals surface area (Å²) in [7, 11) is 0. The first-order chi connectivity index (χ1) is 7.27. The molecule has 0 fully saturated rings. The molecule has 0 unspecified atom stereocenters. The number of hydrogen-bond donors (Lipinski definition) is 3. The molecular formula is C7H10N6O2. The molecule has 8 heteroatoms. The standard InChI is InChI=1S/C7H10N6O2/c14-6-11-12-7(15)13(6)3-1-2-5-8-4-9-10-5/h4H,1-3H2,(H,11,14)(H,12,15)(H,8,9,10). The number of rotatable bonds is 4. The minimum absolute atomic E-state index is 0.359. The van der Waals surface area contributed by atoms with E-state index in [4.69, 9.17) is 0 Å². The third-order valence-corrected chi connectivity index (χ3v) is 2.03. The van der Waals surface area contributed by atoms with Gasteiger partial charge in [-0.2, -0.15) is 5.10 Å². The normalized spacial score (nSPS) is 10.7. The van der Waals surface area contributed by atoms with E-state index in [-0.39, 0.29) is 0 Å². The van der Waals surface area contributed by atoms with Gasteiger partial charge in [-0.3, -0.25) is 5.10 Å². The number of aryl methyl sites for hydroxylation is 1. The number of nitrogens with one attached hydrogen (secondary N) is 3. The number of hydrogen-bond acceptors (Lipinski definition) is 4. The zero-order valence-electron chi connectivity index (χ0n) is 7.86. The molecule has 2 rings (SSSR count). The number of H-pyrrole nitrogens is 3. The zero-order valence-corrected chi connectivity index (χ0v) is 7.86. The van der Waals surface area contributed by atoms with Crippen LogP contribution in [0, 0.1) is 0 Å². The molecule has 0 amide bonds. The SMILES string of the molecule is O=c1[nH][nH]c(=O)n1CCCc1ncn[nH]1. The van der Waals surface area contributed by atoms with Crippen molar-refractivity contribution in [1.29, 1.82) is 0 Å². The Kier molecular flexibility index (Phi) is 2.48. The van der Waals surface area contributed by atoms with Gasteiger partial charge in [-0.05, 0) is 6.42 Å². The summed E-state index contributed by atoms with van der Waals surface area (Å²) in [4.78, 5) is 26.1. The van der Waals surface area contributed by atoms with Crippen LogP contribution in [-0.4, -0.2) is 29.9 Å². The predicted octanol–water partition coefficient (Wildman–Crippen LogP) is -1.38. The quantitative estimate of drug-likeness (QED) is 0.577. The molecule has 0 atom stereocenters. The summed E-state index contributed by atoms with van der Waals surface area (Å²) in [6, 6.07) is 0. The molecule has 80 valence electrons. The second-order valence-corrected chi connectivity index (χ2v) is 3.05. The smallest absolute Gasteiger partial charge is 0.263 e. The number of aromatic amines is 3. The van der Waals surface area contributed by atoms with Gasteiger partial charge in [0, 0.05) is 13.0 Å². The lowest BCUT2D eigenvalue weighted by molar-refractivity contribution is 0.598. The Balaban J connectivity index is 1.94. The molecule has 0 saturated heterocycles. The second-order valence-electron chi connectivity index (χ2n) is 3.05. The van der Waals surface area contributed by atoms with Crippen molar-refractivity contribution in [3.63, 3.8) is 0 Å². The lowest BCUT2D eigenvalue weighted by Crippen LogP contribution is -2.26. The summed E-state index contributed by atoms with van der Waals surface area (Å²) in [5, 5.41) is 10.8. The Morgan fingerprint density at radius 1 is 1.27 bits per heavy atom. The van der Waals surface area contributed by atoms with Crippen LogP contribution in [0.5, 0.6) is 0 Å². The Hall–Kier alpha value is -2.12. The van der Waals surface area contributed by atoms with Gasteiger partial charge in [0.25, 0.3) is 0 Å². The number of nitrogens with zero attached hydrogens (tertiary/aromatic N) is 3. The highest BCUT2D eigenvalue weighted by atomic mass is 16.2. The van der Waals surface area contributed by atoms with E-state index in [1.54, 1.807) is 0 Å². The van der Waals surface area contributed by atoms with Gasteiger partial charge < -0.3 is 0 Å². The fraction of sp³-hybridized carbons (Fsp3) is 0.429. The van der Waals surface area contributed by atoms with Crippen LogP contribution in [-0.2, 0) is 13.0 Å². The highest BCUT2D eigenvalue weighted by Crippen LogP contribution is 1.93. The summed E-state index contributed by atoms with van der Waals surface area (Å²) < 4.78 is 1.11. The first-order valence-electron chi connectivity index (χ1n) is 4.49. The maximum absolute atomic E-state index is 11.1. The molecular weight excluding hydrogens is 200 g/mol. The van der Waals surface area contributed by atoms with E-state index < -0.39 is 11.4 Å². The predicted molar refractivity (Wildman–Crippen MR) is 50.4 cm³/mol. The molecule has 0 saturated carbocycles. The highest BCUT2D eigenvalue weighted by Gasteiger charge is 2.02. The molecule has 2 aromatic rings. The van der Waals surface area contributed by atoms with Crippen molar-refractivity contribution in [3.05, 3.63) is 33.1 Å². The Morgan fingerprint density at radius 3 is 2.60 bits per heavy atom. The molecule has 0 aliphatic heterocycles. The van der Waals surface area contributed by atoms with Crippen molar-refractivity contribution in [2.75, 3.05) is 0 Å². The van der Waals surface area contributed by atoms with Crippen LogP contribution in [0.15, 0.2) is 15.9 Å². The summed E-state index contributed by atoms with van der Waals surface area (Å²) >= 11 is 0. The second kappa shape index (κ2) is 3.95. The van der Waals surface area contributed by atoms with Crippen LogP contribution >= 0.6 is 0 Å². The molecule has 0 spiro atoms. The van der Waals surface area contributed by atoms with Crippen molar-refractivity contribution in [2.24, 2.45) is 0 Å². The summed E-state index contributed by atoms with van der Waals surface area (Å²) in [5.41, 5.74) is -0.838. The van der Waals surface area contributed by atoms with E-state index in [1.807, 2.05) is 0 Å². The van der Waals surface area contributed by atoms with Gasteiger partial charge in [-0.1, -0.05) is 0 Å². The third kappa shape index (κ3) is 2.03. The van der Waals surface area contributed by atoms with Crippen LogP contribution in [0.25, 0.3) is 0 Å². The van der Waals surface area contributed by atoms with Gasteiger partial charge in [0.05, 0.1) is 0 Å². The Morgan fingerprint density at radius 2 is 2.00 bits per heavy atom. The van der Waals surface area contributed by atoms with Crippen LogP contribution in [0.2, 0.25) is 0 Å². The average Bonchev–Trinajstić information content (AvgIpc) is 2.82. The van der Waals surface area contributed by atoms with E-state index in [1.165, 1.54) is 6.33 Å². The van der Waals surface area contributed by atoms with Crippen LogP contribution in [0.1, 0.15) is 12.2 Å². The van der Waals surface area contributed by atoms with Crippen molar-refractivity contribution in [2.45, 2.75) is 19.4 Å². The van der Waals surface area contributed by atoms with E-state index in [9.17, 15) is 9.59 Å². The van der Waals surface area contributed by atoms with Crippen molar-refractivity contribution >= 4 is 0 Å². The lowest BCUT2D eigenvalue weighted by Gasteiger charge is -1.96. The zero-order chi connectivity index (χ0) is 10.7. The maximum atomic E-state index is 11.1. The molecule has 0 radical (unpaired) electrons. The molecule has 3 N–H and O–H groups in total. The van der Waals surface area contributed by atoms with Crippen molar-refractivity contribution < 1.29 is 0 Å². The molecule has 2 aromatic heterocycles. The molecule has 8 nitrogen and oxygen atoms in total. The van der Waals surface area contributed by atoms with Gasteiger partial charge in [0.1, 0.15) is 12.2 Å². The fourth-order valence-electron chi connectivity index (χ4n) is 1.29. The van der Waals surface area contributed by atoms with Gasteiger partial charge in [0.15, 0.2) is 0 Å². The van der Waals surface area contributed by atoms with Gasteiger partial charge in [0.2, 0.25) is 0 Å². The van der Waals surface area contributed by atoms with Crippen molar-refractivity contribution in [3.8, 4) is 0 Å². The summed E-state index contributed by atoms with van der Waals surface area (Å²) in [6.07, 6.45) is 2.72. The van der Waals surface area contributed by atoms with Crippen LogP contribution in [0.4, 0.5) is 0 Å². The van der Waals surface area contributed by atoms with Gasteiger partial charge in [-0.25, -0.2) is 29.3 Å². The van der Waals surface area contributed by atoms with Crippen LogP contribution in [0.3, 0.4) is 0 Å². The van der Waals surface area contributed by atoms with Crippen LogP contribution < -0.4 is 11.4 Å². The minimum Gasteiger partial charge on any atom is -0.263 e. The summed E-state index contributed by atoms with van der Waals surface area (Å²) in [6.45, 7) is 0.359. The van der Waals surface area contributed by atoms with Crippen molar-refractivity contribution in [1.82, 2.24) is 29.9 Å². The topological polar surface area (TPSA) is 112 Å². The number of aromatic nitrogens is 6. The first kappa shape index (κ1) is 9.44. The fourth-order valence-corrected chi connectivity index (χ4v) is 1.29. The largest absolute Gasteiger partial charge is 0.344 e. The van der Waals surface area contributed by atoms with E-state index in [0.717, 1.165) is 10.4 Å². The molecule has 0 bridgehead atoms. The lowest BCUT2D eigenvalue weighted by atomic mass is 10.3. The highest BCUT2D eigenvalue weighted by molar-refractivity contribution is 4.79.